The zero-order valence-corrected chi connectivity index (χ0v) is 11.1. The van der Waals surface area contributed by atoms with E-state index < -0.39 is 8.07 Å². The smallest absolute Gasteiger partial charge is 0.0798 e. The molecule has 1 aliphatic carbocycles. The summed E-state index contributed by atoms with van der Waals surface area (Å²) < 4.78 is 0. The van der Waals surface area contributed by atoms with E-state index in [0.717, 1.165) is 6.42 Å². The van der Waals surface area contributed by atoms with Crippen LogP contribution in [0.15, 0.2) is 77.1 Å². The summed E-state index contributed by atoms with van der Waals surface area (Å²) in [4.78, 5) is 0. The third-order valence-electron chi connectivity index (χ3n) is 3.98. The van der Waals surface area contributed by atoms with Crippen molar-refractivity contribution < 1.29 is 0 Å². The van der Waals surface area contributed by atoms with Crippen molar-refractivity contribution in [1.82, 2.24) is 0 Å². The van der Waals surface area contributed by atoms with Gasteiger partial charge in [-0.2, -0.15) is 0 Å². The average molecular weight is 245 g/mol. The second-order valence-electron chi connectivity index (χ2n) is 4.86. The van der Waals surface area contributed by atoms with E-state index in [1.54, 1.807) is 5.20 Å². The van der Waals surface area contributed by atoms with E-state index in [-0.39, 0.29) is 0 Å². The first-order valence-corrected chi connectivity index (χ1v) is 8.37. The van der Waals surface area contributed by atoms with E-state index in [0.29, 0.717) is 0 Å². The summed E-state index contributed by atoms with van der Waals surface area (Å²) in [6.07, 6.45) is 6.96. The molecule has 2 aromatic carbocycles. The quantitative estimate of drug-likeness (QED) is 0.713. The Labute approximate surface area is 108 Å². The molecule has 2 aromatic rings. The van der Waals surface area contributed by atoms with Crippen LogP contribution in [0, 0.1) is 6.08 Å². The predicted octanol–water partition coefficient (Wildman–Crippen LogP) is 2.40. The van der Waals surface area contributed by atoms with Crippen LogP contribution in [0.5, 0.6) is 0 Å². The molecule has 1 aliphatic heterocycles. The van der Waals surface area contributed by atoms with Crippen LogP contribution in [-0.4, -0.2) is 8.07 Å². The number of hydrogen-bond acceptors (Lipinski definition) is 0. The standard InChI is InChI=1S/C17H13Si/c1-3-8-14(9-4-1)18(15-10-5-2-6-11-15)16-12-7-13-17(16)18/h1-6,8-12H,7H2. The van der Waals surface area contributed by atoms with Crippen LogP contribution < -0.4 is 10.4 Å². The number of allylic oxidation sites excluding steroid dienone is 4. The maximum Gasteiger partial charge on any atom is 0.179 e. The van der Waals surface area contributed by atoms with Crippen LogP contribution in [0.4, 0.5) is 0 Å². The van der Waals surface area contributed by atoms with Crippen molar-refractivity contribution in [3.8, 4) is 0 Å². The topological polar surface area (TPSA) is 0 Å². The highest BCUT2D eigenvalue weighted by atomic mass is 28.3. The Hall–Kier alpha value is -1.86. The highest BCUT2D eigenvalue weighted by Gasteiger charge is 2.60. The van der Waals surface area contributed by atoms with Crippen molar-refractivity contribution in [1.29, 1.82) is 0 Å². The van der Waals surface area contributed by atoms with Crippen LogP contribution >= 0.6 is 0 Å². The lowest BCUT2D eigenvalue weighted by atomic mass is 10.4. The SMILES string of the molecule is [C]1=C2C(=CC1)[Si]2(c1ccccc1)c1ccccc1. The molecule has 0 atom stereocenters. The molecule has 0 amide bonds. The summed E-state index contributed by atoms with van der Waals surface area (Å²) >= 11 is 0. The van der Waals surface area contributed by atoms with Gasteiger partial charge in [0.05, 0.1) is 0 Å². The lowest BCUT2D eigenvalue weighted by Crippen LogP contribution is -2.46. The first kappa shape index (κ1) is 10.1. The maximum atomic E-state index is 3.57. The van der Waals surface area contributed by atoms with Crippen LogP contribution in [0.1, 0.15) is 6.42 Å². The van der Waals surface area contributed by atoms with Gasteiger partial charge >= 0.3 is 0 Å². The van der Waals surface area contributed by atoms with Crippen molar-refractivity contribution in [2.75, 3.05) is 0 Å². The first-order valence-electron chi connectivity index (χ1n) is 6.37. The van der Waals surface area contributed by atoms with E-state index >= 15 is 0 Å². The molecule has 85 valence electrons. The van der Waals surface area contributed by atoms with Gasteiger partial charge in [-0.15, -0.1) is 0 Å². The van der Waals surface area contributed by atoms with Gasteiger partial charge < -0.3 is 0 Å². The Kier molecular flexibility index (Phi) is 2.00. The fourth-order valence-corrected chi connectivity index (χ4v) is 8.04. The molecule has 1 saturated heterocycles. The van der Waals surface area contributed by atoms with Gasteiger partial charge in [-0.1, -0.05) is 66.7 Å². The van der Waals surface area contributed by atoms with E-state index in [2.05, 4.69) is 72.8 Å². The molecule has 4 rings (SSSR count). The molecule has 18 heavy (non-hydrogen) atoms. The number of hydrogen-bond donors (Lipinski definition) is 0. The van der Waals surface area contributed by atoms with Crippen LogP contribution in [-0.2, 0) is 0 Å². The summed E-state index contributed by atoms with van der Waals surface area (Å²) in [6, 6.07) is 22.0. The molecular formula is C17H13Si. The molecule has 0 unspecified atom stereocenters. The molecular weight excluding hydrogens is 232 g/mol. The highest BCUT2D eigenvalue weighted by molar-refractivity contribution is 7.24. The lowest BCUT2D eigenvalue weighted by molar-refractivity contribution is 1.38. The zero-order valence-electron chi connectivity index (χ0n) is 10.1. The summed E-state index contributed by atoms with van der Waals surface area (Å²) in [7, 11) is -1.68. The Bertz CT molecular complexity index is 591. The predicted molar refractivity (Wildman–Crippen MR) is 77.4 cm³/mol. The molecule has 0 bridgehead atoms. The van der Waals surface area contributed by atoms with Gasteiger partial charge in [0, 0.05) is 0 Å². The van der Waals surface area contributed by atoms with Gasteiger partial charge in [-0.05, 0) is 33.3 Å². The molecule has 1 fully saturated rings. The molecule has 0 spiro atoms. The first-order chi connectivity index (χ1) is 8.94. The van der Waals surface area contributed by atoms with Crippen molar-refractivity contribution >= 4 is 18.4 Å². The zero-order chi connectivity index (χ0) is 12.0. The van der Waals surface area contributed by atoms with Gasteiger partial charge in [0.2, 0.25) is 0 Å². The van der Waals surface area contributed by atoms with Gasteiger partial charge in [0.15, 0.2) is 8.07 Å². The van der Waals surface area contributed by atoms with Crippen molar-refractivity contribution in [2.45, 2.75) is 6.42 Å². The minimum Gasteiger partial charge on any atom is -0.0798 e. The Morgan fingerprint density at radius 2 is 1.33 bits per heavy atom. The molecule has 0 saturated carbocycles. The number of rotatable bonds is 2. The third-order valence-corrected chi connectivity index (χ3v) is 8.59. The van der Waals surface area contributed by atoms with E-state index in [9.17, 15) is 0 Å². The van der Waals surface area contributed by atoms with Crippen molar-refractivity contribution in [3.63, 3.8) is 0 Å². The van der Waals surface area contributed by atoms with Gasteiger partial charge in [0.25, 0.3) is 0 Å². The van der Waals surface area contributed by atoms with Crippen LogP contribution in [0.2, 0.25) is 0 Å². The van der Waals surface area contributed by atoms with E-state index in [1.807, 2.05) is 0 Å². The summed E-state index contributed by atoms with van der Waals surface area (Å²) in [5.74, 6) is 0. The molecule has 0 nitrogen and oxygen atoms in total. The second-order valence-corrected chi connectivity index (χ2v) is 8.55. The summed E-state index contributed by atoms with van der Waals surface area (Å²) in [5.41, 5.74) is 0. The largest absolute Gasteiger partial charge is 0.179 e. The molecule has 0 N–H and O–H groups in total. The molecule has 0 aromatic heterocycles. The summed E-state index contributed by atoms with van der Waals surface area (Å²) in [5, 5.41) is 6.13. The third kappa shape index (κ3) is 1.15. The minimum atomic E-state index is -1.68. The monoisotopic (exact) mass is 245 g/mol. The highest BCUT2D eigenvalue weighted by Crippen LogP contribution is 2.49. The second kappa shape index (κ2) is 3.56. The fourth-order valence-electron chi connectivity index (χ4n) is 3.18. The molecule has 1 radical (unpaired) electrons. The molecule has 1 heteroatoms. The normalized spacial score (nSPS) is 18.9. The minimum absolute atomic E-state index is 1.01. The van der Waals surface area contributed by atoms with Gasteiger partial charge in [-0.3, -0.25) is 0 Å². The van der Waals surface area contributed by atoms with Crippen LogP contribution in [0.3, 0.4) is 0 Å². The van der Waals surface area contributed by atoms with E-state index in [1.165, 1.54) is 15.6 Å². The van der Waals surface area contributed by atoms with Gasteiger partial charge in [-0.25, -0.2) is 0 Å². The maximum absolute atomic E-state index is 3.57. The average Bonchev–Trinajstić information content (AvgIpc) is 2.82. The Balaban J connectivity index is 1.96. The van der Waals surface area contributed by atoms with Crippen molar-refractivity contribution in [3.05, 3.63) is 83.2 Å². The summed E-state index contributed by atoms with van der Waals surface area (Å²) in [6.45, 7) is 0. The Morgan fingerprint density at radius 3 is 1.78 bits per heavy atom. The number of benzene rings is 2. The van der Waals surface area contributed by atoms with Crippen molar-refractivity contribution in [2.24, 2.45) is 0 Å². The number of fused-ring (bicyclic) bond motifs is 1. The fraction of sp³-hybridized carbons (Fsp3) is 0.0588. The molecule has 2 aliphatic rings. The van der Waals surface area contributed by atoms with E-state index in [4.69, 9.17) is 0 Å². The van der Waals surface area contributed by atoms with Crippen LogP contribution in [0.25, 0.3) is 0 Å². The Morgan fingerprint density at radius 1 is 0.778 bits per heavy atom. The lowest BCUT2D eigenvalue weighted by Gasteiger charge is -2.14. The van der Waals surface area contributed by atoms with Gasteiger partial charge in [0.1, 0.15) is 0 Å². The molecule has 1 heterocycles.